The lowest BCUT2D eigenvalue weighted by molar-refractivity contribution is -0.131. The van der Waals surface area contributed by atoms with Gasteiger partial charge in [-0.05, 0) is 30.0 Å². The summed E-state index contributed by atoms with van der Waals surface area (Å²) < 4.78 is 0. The number of carbonyl (C=O) groups is 1. The standard InChI is InChI=1S/C20H25N3O2/c1-15-13-23(14-17-9-5-6-11-21-17)12-10-18(15)22-20(25)19(24)16-7-3-2-4-8-16/h2-9,11,15,18-19,24H,10,12-14H2,1H3,(H,22,25). The van der Waals surface area contributed by atoms with Gasteiger partial charge in [0.15, 0.2) is 6.10 Å². The van der Waals surface area contributed by atoms with E-state index in [0.717, 1.165) is 31.7 Å². The molecule has 1 aromatic heterocycles. The molecule has 0 saturated carbocycles. The molecule has 5 heteroatoms. The molecule has 1 aliphatic heterocycles. The van der Waals surface area contributed by atoms with Crippen molar-refractivity contribution in [2.24, 2.45) is 5.92 Å². The van der Waals surface area contributed by atoms with Crippen LogP contribution >= 0.6 is 0 Å². The predicted molar refractivity (Wildman–Crippen MR) is 96.6 cm³/mol. The van der Waals surface area contributed by atoms with Crippen LogP contribution in [0.5, 0.6) is 0 Å². The fourth-order valence-electron chi connectivity index (χ4n) is 3.36. The number of carbonyl (C=O) groups excluding carboxylic acids is 1. The molecular weight excluding hydrogens is 314 g/mol. The van der Waals surface area contributed by atoms with Gasteiger partial charge in [0, 0.05) is 31.9 Å². The van der Waals surface area contributed by atoms with Crippen LogP contribution in [-0.2, 0) is 11.3 Å². The Hall–Kier alpha value is -2.24. The van der Waals surface area contributed by atoms with Gasteiger partial charge < -0.3 is 10.4 Å². The van der Waals surface area contributed by atoms with Gasteiger partial charge >= 0.3 is 0 Å². The molecular formula is C20H25N3O2. The third-order valence-corrected chi connectivity index (χ3v) is 4.79. The zero-order chi connectivity index (χ0) is 17.6. The number of rotatable bonds is 5. The molecule has 1 aromatic carbocycles. The number of nitrogens with zero attached hydrogens (tertiary/aromatic N) is 2. The fraction of sp³-hybridized carbons (Fsp3) is 0.400. The normalized spacial score (nSPS) is 22.3. The van der Waals surface area contributed by atoms with E-state index < -0.39 is 6.10 Å². The maximum atomic E-state index is 12.3. The van der Waals surface area contributed by atoms with Gasteiger partial charge in [0.2, 0.25) is 0 Å². The summed E-state index contributed by atoms with van der Waals surface area (Å²) in [4.78, 5) is 19.1. The molecule has 1 saturated heterocycles. The van der Waals surface area contributed by atoms with Crippen molar-refractivity contribution in [3.8, 4) is 0 Å². The van der Waals surface area contributed by atoms with Gasteiger partial charge in [-0.15, -0.1) is 0 Å². The average molecular weight is 339 g/mol. The first-order valence-electron chi connectivity index (χ1n) is 8.79. The second-order valence-corrected chi connectivity index (χ2v) is 6.75. The molecule has 0 radical (unpaired) electrons. The molecule has 5 nitrogen and oxygen atoms in total. The summed E-state index contributed by atoms with van der Waals surface area (Å²) in [7, 11) is 0. The lowest BCUT2D eigenvalue weighted by Crippen LogP contribution is -2.50. The second kappa shape index (κ2) is 8.23. The van der Waals surface area contributed by atoms with Crippen molar-refractivity contribution >= 4 is 5.91 Å². The molecule has 2 heterocycles. The van der Waals surface area contributed by atoms with Gasteiger partial charge in [-0.3, -0.25) is 14.7 Å². The summed E-state index contributed by atoms with van der Waals surface area (Å²) in [6.45, 7) is 4.79. The summed E-state index contributed by atoms with van der Waals surface area (Å²) in [5.74, 6) is 0.00520. The van der Waals surface area contributed by atoms with Crippen LogP contribution in [0, 0.1) is 5.92 Å². The van der Waals surface area contributed by atoms with Crippen LogP contribution < -0.4 is 5.32 Å². The number of aromatic nitrogens is 1. The Kier molecular flexibility index (Phi) is 5.79. The summed E-state index contributed by atoms with van der Waals surface area (Å²) in [5, 5.41) is 13.2. The summed E-state index contributed by atoms with van der Waals surface area (Å²) in [6, 6.07) is 15.1. The van der Waals surface area contributed by atoms with Crippen LogP contribution in [0.3, 0.4) is 0 Å². The van der Waals surface area contributed by atoms with Crippen LogP contribution in [0.1, 0.15) is 30.7 Å². The van der Waals surface area contributed by atoms with E-state index >= 15 is 0 Å². The van der Waals surface area contributed by atoms with E-state index in [2.05, 4.69) is 22.1 Å². The van der Waals surface area contributed by atoms with E-state index in [-0.39, 0.29) is 11.9 Å². The van der Waals surface area contributed by atoms with Crippen LogP contribution in [-0.4, -0.2) is 40.0 Å². The Balaban J connectivity index is 1.52. The van der Waals surface area contributed by atoms with Crippen molar-refractivity contribution in [2.45, 2.75) is 32.0 Å². The molecule has 132 valence electrons. The highest BCUT2D eigenvalue weighted by atomic mass is 16.3. The Morgan fingerprint density at radius 3 is 2.72 bits per heavy atom. The Bertz CT molecular complexity index is 678. The fourth-order valence-corrected chi connectivity index (χ4v) is 3.36. The molecule has 3 rings (SSSR count). The first-order valence-corrected chi connectivity index (χ1v) is 8.79. The van der Waals surface area contributed by atoms with Crippen molar-refractivity contribution in [1.82, 2.24) is 15.2 Å². The number of aliphatic hydroxyl groups excluding tert-OH is 1. The van der Waals surface area contributed by atoms with Crippen molar-refractivity contribution in [2.75, 3.05) is 13.1 Å². The molecule has 0 bridgehead atoms. The highest BCUT2D eigenvalue weighted by molar-refractivity contribution is 5.82. The third kappa shape index (κ3) is 4.65. The Morgan fingerprint density at radius 2 is 2.04 bits per heavy atom. The van der Waals surface area contributed by atoms with Crippen molar-refractivity contribution in [3.05, 3.63) is 66.0 Å². The molecule has 0 aliphatic carbocycles. The van der Waals surface area contributed by atoms with Crippen LogP contribution in [0.4, 0.5) is 0 Å². The minimum atomic E-state index is -1.11. The van der Waals surface area contributed by atoms with Gasteiger partial charge in [-0.2, -0.15) is 0 Å². The molecule has 2 aromatic rings. The van der Waals surface area contributed by atoms with E-state index in [1.54, 1.807) is 12.1 Å². The van der Waals surface area contributed by atoms with E-state index in [9.17, 15) is 9.90 Å². The molecule has 1 aliphatic rings. The van der Waals surface area contributed by atoms with Gasteiger partial charge in [0.25, 0.3) is 5.91 Å². The number of amides is 1. The van der Waals surface area contributed by atoms with E-state index in [1.807, 2.05) is 42.6 Å². The number of pyridine rings is 1. The molecule has 2 N–H and O–H groups in total. The molecule has 0 spiro atoms. The number of likely N-dealkylation sites (tertiary alicyclic amines) is 1. The number of benzene rings is 1. The molecule has 1 amide bonds. The van der Waals surface area contributed by atoms with Gasteiger partial charge in [0.1, 0.15) is 0 Å². The summed E-state index contributed by atoms with van der Waals surface area (Å²) in [6.07, 6.45) is 1.58. The minimum Gasteiger partial charge on any atom is -0.378 e. The molecule has 25 heavy (non-hydrogen) atoms. The minimum absolute atomic E-state index is 0.0887. The van der Waals surface area contributed by atoms with E-state index in [1.165, 1.54) is 0 Å². The Labute approximate surface area is 148 Å². The van der Waals surface area contributed by atoms with Crippen molar-refractivity contribution in [3.63, 3.8) is 0 Å². The highest BCUT2D eigenvalue weighted by Gasteiger charge is 2.29. The average Bonchev–Trinajstić information content (AvgIpc) is 2.65. The maximum Gasteiger partial charge on any atom is 0.253 e. The largest absolute Gasteiger partial charge is 0.378 e. The third-order valence-electron chi connectivity index (χ3n) is 4.79. The SMILES string of the molecule is CC1CN(Cc2ccccn2)CCC1NC(=O)C(O)c1ccccc1. The zero-order valence-electron chi connectivity index (χ0n) is 14.5. The van der Waals surface area contributed by atoms with Crippen molar-refractivity contribution in [1.29, 1.82) is 0 Å². The lowest BCUT2D eigenvalue weighted by atomic mass is 9.93. The Morgan fingerprint density at radius 1 is 1.28 bits per heavy atom. The monoisotopic (exact) mass is 339 g/mol. The number of aliphatic hydroxyl groups is 1. The number of hydrogen-bond acceptors (Lipinski definition) is 4. The molecule has 3 unspecified atom stereocenters. The number of hydrogen-bond donors (Lipinski definition) is 2. The van der Waals surface area contributed by atoms with Crippen LogP contribution in [0.25, 0.3) is 0 Å². The van der Waals surface area contributed by atoms with Gasteiger partial charge in [-0.1, -0.05) is 43.3 Å². The summed E-state index contributed by atoms with van der Waals surface area (Å²) in [5.41, 5.74) is 1.69. The van der Waals surface area contributed by atoms with Crippen LogP contribution in [0.15, 0.2) is 54.7 Å². The quantitative estimate of drug-likeness (QED) is 0.876. The van der Waals surface area contributed by atoms with Crippen molar-refractivity contribution < 1.29 is 9.90 Å². The van der Waals surface area contributed by atoms with E-state index in [0.29, 0.717) is 11.5 Å². The maximum absolute atomic E-state index is 12.3. The first kappa shape index (κ1) is 17.6. The number of piperidine rings is 1. The van der Waals surface area contributed by atoms with Gasteiger partial charge in [0.05, 0.1) is 5.69 Å². The molecule has 3 atom stereocenters. The zero-order valence-corrected chi connectivity index (χ0v) is 14.5. The van der Waals surface area contributed by atoms with Gasteiger partial charge in [-0.25, -0.2) is 0 Å². The predicted octanol–water partition coefficient (Wildman–Crippen LogP) is 2.14. The smallest absolute Gasteiger partial charge is 0.253 e. The highest BCUT2D eigenvalue weighted by Crippen LogP contribution is 2.20. The number of nitrogens with one attached hydrogen (secondary N) is 1. The molecule has 1 fully saturated rings. The second-order valence-electron chi connectivity index (χ2n) is 6.75. The lowest BCUT2D eigenvalue weighted by Gasteiger charge is -2.37. The van der Waals surface area contributed by atoms with Crippen LogP contribution in [0.2, 0.25) is 0 Å². The van der Waals surface area contributed by atoms with E-state index in [4.69, 9.17) is 0 Å². The summed E-state index contributed by atoms with van der Waals surface area (Å²) >= 11 is 0. The first-order chi connectivity index (χ1) is 12.1. The topological polar surface area (TPSA) is 65.5 Å².